The molecule has 0 aliphatic heterocycles. The summed E-state index contributed by atoms with van der Waals surface area (Å²) in [5, 5.41) is 0. The molecule has 0 saturated carbocycles. The van der Waals surface area contributed by atoms with Gasteiger partial charge in [-0.2, -0.15) is 0 Å². The van der Waals surface area contributed by atoms with Crippen molar-refractivity contribution in [1.82, 2.24) is 4.57 Å². The van der Waals surface area contributed by atoms with E-state index < -0.39 is 0 Å². The number of aromatic nitrogens is 1. The van der Waals surface area contributed by atoms with Gasteiger partial charge in [0.2, 0.25) is 0 Å². The van der Waals surface area contributed by atoms with E-state index in [0.29, 0.717) is 5.92 Å². The van der Waals surface area contributed by atoms with E-state index in [2.05, 4.69) is 30.7 Å². The van der Waals surface area contributed by atoms with E-state index in [1.165, 1.54) is 24.1 Å². The molecule has 1 unspecified atom stereocenters. The van der Waals surface area contributed by atoms with Gasteiger partial charge in [0, 0.05) is 24.5 Å². The van der Waals surface area contributed by atoms with Crippen molar-refractivity contribution in [3.8, 4) is 0 Å². The highest BCUT2D eigenvalue weighted by atomic mass is 15.0. The minimum Gasteiger partial charge on any atom is -0.351 e. The zero-order valence-electron chi connectivity index (χ0n) is 9.16. The molecule has 2 rings (SSSR count). The molecule has 0 bridgehead atoms. The van der Waals surface area contributed by atoms with Gasteiger partial charge in [0.1, 0.15) is 0 Å². The molecule has 2 N–H and O–H groups in total. The SMILES string of the molecule is CC(C)Cn1ccc2c1CCCC2N. The maximum absolute atomic E-state index is 6.08. The lowest BCUT2D eigenvalue weighted by molar-refractivity contribution is 0.485. The maximum atomic E-state index is 6.08. The van der Waals surface area contributed by atoms with Crippen LogP contribution >= 0.6 is 0 Å². The van der Waals surface area contributed by atoms with E-state index >= 15 is 0 Å². The molecule has 0 aromatic carbocycles. The van der Waals surface area contributed by atoms with Crippen molar-refractivity contribution in [2.24, 2.45) is 11.7 Å². The van der Waals surface area contributed by atoms with Crippen LogP contribution in [-0.2, 0) is 13.0 Å². The standard InChI is InChI=1S/C12H20N2/c1-9(2)8-14-7-6-10-11(13)4-3-5-12(10)14/h6-7,9,11H,3-5,8,13H2,1-2H3. The summed E-state index contributed by atoms with van der Waals surface area (Å²) in [6.45, 7) is 5.65. The third-order valence-electron chi connectivity index (χ3n) is 3.00. The van der Waals surface area contributed by atoms with E-state index in [-0.39, 0.29) is 6.04 Å². The first-order valence-corrected chi connectivity index (χ1v) is 5.62. The molecule has 1 aromatic rings. The van der Waals surface area contributed by atoms with Crippen LogP contribution < -0.4 is 5.73 Å². The van der Waals surface area contributed by atoms with Crippen molar-refractivity contribution in [3.05, 3.63) is 23.5 Å². The highest BCUT2D eigenvalue weighted by molar-refractivity contribution is 5.28. The number of nitrogens with zero attached hydrogens (tertiary/aromatic N) is 1. The van der Waals surface area contributed by atoms with Crippen LogP contribution in [0.1, 0.15) is 44.0 Å². The summed E-state index contributed by atoms with van der Waals surface area (Å²) >= 11 is 0. The highest BCUT2D eigenvalue weighted by Gasteiger charge is 2.19. The molecule has 2 heteroatoms. The van der Waals surface area contributed by atoms with Crippen molar-refractivity contribution in [2.75, 3.05) is 0 Å². The zero-order chi connectivity index (χ0) is 10.1. The van der Waals surface area contributed by atoms with Gasteiger partial charge in [-0.3, -0.25) is 0 Å². The average molecular weight is 192 g/mol. The Bertz CT molecular complexity index is 312. The molecule has 78 valence electrons. The van der Waals surface area contributed by atoms with Gasteiger partial charge in [-0.05, 0) is 36.8 Å². The fourth-order valence-corrected chi connectivity index (χ4v) is 2.36. The molecular formula is C12H20N2. The molecule has 1 aliphatic rings. The number of fused-ring (bicyclic) bond motifs is 1. The summed E-state index contributed by atoms with van der Waals surface area (Å²) in [6, 6.07) is 2.49. The second-order valence-corrected chi connectivity index (χ2v) is 4.76. The second kappa shape index (κ2) is 3.77. The Labute approximate surface area is 86.1 Å². The monoisotopic (exact) mass is 192 g/mol. The average Bonchev–Trinajstić information content (AvgIpc) is 2.49. The first-order chi connectivity index (χ1) is 6.68. The molecule has 14 heavy (non-hydrogen) atoms. The molecule has 0 amide bonds. The van der Waals surface area contributed by atoms with Gasteiger partial charge in [0.15, 0.2) is 0 Å². The van der Waals surface area contributed by atoms with Crippen LogP contribution in [0.2, 0.25) is 0 Å². The Morgan fingerprint density at radius 3 is 3.07 bits per heavy atom. The van der Waals surface area contributed by atoms with Gasteiger partial charge in [-0.1, -0.05) is 13.8 Å². The summed E-state index contributed by atoms with van der Waals surface area (Å²) < 4.78 is 2.39. The molecule has 1 atom stereocenters. The second-order valence-electron chi connectivity index (χ2n) is 4.76. The van der Waals surface area contributed by atoms with Crippen LogP contribution in [0.3, 0.4) is 0 Å². The summed E-state index contributed by atoms with van der Waals surface area (Å²) in [7, 11) is 0. The molecule has 0 saturated heterocycles. The maximum Gasteiger partial charge on any atom is 0.0312 e. The van der Waals surface area contributed by atoms with Gasteiger partial charge in [0.25, 0.3) is 0 Å². The van der Waals surface area contributed by atoms with Crippen LogP contribution in [0, 0.1) is 5.92 Å². The molecule has 1 heterocycles. The lowest BCUT2D eigenvalue weighted by atomic mass is 9.93. The Hall–Kier alpha value is -0.760. The van der Waals surface area contributed by atoms with Crippen LogP contribution in [0.5, 0.6) is 0 Å². The summed E-state index contributed by atoms with van der Waals surface area (Å²) in [5.41, 5.74) is 8.95. The van der Waals surface area contributed by atoms with Crippen LogP contribution in [0.25, 0.3) is 0 Å². The van der Waals surface area contributed by atoms with Gasteiger partial charge >= 0.3 is 0 Å². The third kappa shape index (κ3) is 1.71. The zero-order valence-corrected chi connectivity index (χ0v) is 9.16. The van der Waals surface area contributed by atoms with Gasteiger partial charge in [-0.15, -0.1) is 0 Å². The Morgan fingerprint density at radius 2 is 2.36 bits per heavy atom. The van der Waals surface area contributed by atoms with Gasteiger partial charge in [0.05, 0.1) is 0 Å². The molecule has 0 fully saturated rings. The van der Waals surface area contributed by atoms with Gasteiger partial charge in [-0.25, -0.2) is 0 Å². The molecule has 0 spiro atoms. The fourth-order valence-electron chi connectivity index (χ4n) is 2.36. The number of rotatable bonds is 2. The van der Waals surface area contributed by atoms with E-state index in [0.717, 1.165) is 13.0 Å². The topological polar surface area (TPSA) is 30.9 Å². The van der Waals surface area contributed by atoms with Crippen LogP contribution in [0.15, 0.2) is 12.3 Å². The first kappa shape index (κ1) is 9.78. The summed E-state index contributed by atoms with van der Waals surface area (Å²) in [5.74, 6) is 0.713. The molecule has 2 nitrogen and oxygen atoms in total. The molecule has 1 aromatic heterocycles. The number of hydrogen-bond donors (Lipinski definition) is 1. The van der Waals surface area contributed by atoms with Crippen molar-refractivity contribution in [3.63, 3.8) is 0 Å². The highest BCUT2D eigenvalue weighted by Crippen LogP contribution is 2.29. The number of hydrogen-bond acceptors (Lipinski definition) is 1. The van der Waals surface area contributed by atoms with E-state index in [9.17, 15) is 0 Å². The molecule has 0 radical (unpaired) electrons. The fraction of sp³-hybridized carbons (Fsp3) is 0.667. The first-order valence-electron chi connectivity index (χ1n) is 5.62. The predicted molar refractivity (Wildman–Crippen MR) is 59.1 cm³/mol. The van der Waals surface area contributed by atoms with E-state index in [1.807, 2.05) is 0 Å². The van der Waals surface area contributed by atoms with Gasteiger partial charge < -0.3 is 10.3 Å². The van der Waals surface area contributed by atoms with Crippen molar-refractivity contribution in [1.29, 1.82) is 0 Å². The van der Waals surface area contributed by atoms with Crippen molar-refractivity contribution in [2.45, 2.75) is 45.7 Å². The lowest BCUT2D eigenvalue weighted by Gasteiger charge is -2.21. The van der Waals surface area contributed by atoms with Crippen LogP contribution in [-0.4, -0.2) is 4.57 Å². The quantitative estimate of drug-likeness (QED) is 0.766. The molecule has 1 aliphatic carbocycles. The smallest absolute Gasteiger partial charge is 0.0312 e. The normalized spacial score (nSPS) is 21.3. The Balaban J connectivity index is 2.26. The largest absolute Gasteiger partial charge is 0.351 e. The minimum atomic E-state index is 0.284. The predicted octanol–water partition coefficient (Wildman–Crippen LogP) is 2.48. The molecular weight excluding hydrogens is 172 g/mol. The van der Waals surface area contributed by atoms with Crippen molar-refractivity contribution < 1.29 is 0 Å². The number of nitrogens with two attached hydrogens (primary N) is 1. The van der Waals surface area contributed by atoms with Crippen LogP contribution in [0.4, 0.5) is 0 Å². The summed E-state index contributed by atoms with van der Waals surface area (Å²) in [6.07, 6.45) is 5.81. The lowest BCUT2D eigenvalue weighted by Crippen LogP contribution is -2.19. The Kier molecular flexibility index (Phi) is 2.64. The minimum absolute atomic E-state index is 0.284. The third-order valence-corrected chi connectivity index (χ3v) is 3.00. The van der Waals surface area contributed by atoms with E-state index in [1.54, 1.807) is 0 Å². The summed E-state index contributed by atoms with van der Waals surface area (Å²) in [4.78, 5) is 0. The van der Waals surface area contributed by atoms with E-state index in [4.69, 9.17) is 5.73 Å². The van der Waals surface area contributed by atoms with Crippen molar-refractivity contribution >= 4 is 0 Å². The Morgan fingerprint density at radius 1 is 1.57 bits per heavy atom.